The number of nitrogen functional groups attached to an aromatic ring is 1. The first-order valence-corrected chi connectivity index (χ1v) is 7.72. The summed E-state index contributed by atoms with van der Waals surface area (Å²) in [4.78, 5) is 20.5. The highest BCUT2D eigenvalue weighted by Gasteiger charge is 2.09. The van der Waals surface area contributed by atoms with Crippen molar-refractivity contribution in [2.45, 2.75) is 19.8 Å². The highest BCUT2D eigenvalue weighted by molar-refractivity contribution is 6.00. The van der Waals surface area contributed by atoms with E-state index in [0.717, 1.165) is 16.5 Å². The van der Waals surface area contributed by atoms with Gasteiger partial charge in [0.25, 0.3) is 0 Å². The van der Waals surface area contributed by atoms with Gasteiger partial charge in [-0.15, -0.1) is 0 Å². The van der Waals surface area contributed by atoms with E-state index < -0.39 is 6.03 Å². The summed E-state index contributed by atoms with van der Waals surface area (Å²) in [7, 11) is 0. The van der Waals surface area contributed by atoms with Crippen LogP contribution in [0.3, 0.4) is 0 Å². The molecule has 2 amide bonds. The predicted octanol–water partition coefficient (Wildman–Crippen LogP) is 3.98. The first-order valence-electron chi connectivity index (χ1n) is 7.72. The second-order valence-corrected chi connectivity index (χ2v) is 5.84. The van der Waals surface area contributed by atoms with Crippen LogP contribution >= 0.6 is 0 Å². The van der Waals surface area contributed by atoms with Crippen molar-refractivity contribution in [3.8, 4) is 0 Å². The minimum Gasteiger partial charge on any atom is -0.384 e. The van der Waals surface area contributed by atoms with Crippen molar-refractivity contribution in [3.05, 3.63) is 54.2 Å². The molecule has 6 nitrogen and oxygen atoms in total. The van der Waals surface area contributed by atoms with E-state index in [1.165, 1.54) is 0 Å². The number of fused-ring (bicyclic) bond motifs is 1. The molecule has 0 aliphatic heterocycles. The number of hydrogen-bond acceptors (Lipinski definition) is 4. The molecule has 0 aliphatic carbocycles. The maximum absolute atomic E-state index is 12.2. The van der Waals surface area contributed by atoms with Crippen molar-refractivity contribution < 1.29 is 4.79 Å². The van der Waals surface area contributed by atoms with Crippen LogP contribution in [0, 0.1) is 0 Å². The highest BCUT2D eigenvalue weighted by atomic mass is 16.2. The van der Waals surface area contributed by atoms with Crippen molar-refractivity contribution in [1.29, 1.82) is 0 Å². The molecular formula is C18H19N5O. The molecular weight excluding hydrogens is 302 g/mol. The number of amides is 2. The lowest BCUT2D eigenvalue weighted by atomic mass is 10.1. The summed E-state index contributed by atoms with van der Waals surface area (Å²) in [6.45, 7) is 4.00. The summed E-state index contributed by atoms with van der Waals surface area (Å²) >= 11 is 0. The number of nitrogens with zero attached hydrogens (tertiary/aromatic N) is 2. The fourth-order valence-corrected chi connectivity index (χ4v) is 2.37. The summed E-state index contributed by atoms with van der Waals surface area (Å²) in [5, 5.41) is 7.57. The van der Waals surface area contributed by atoms with E-state index in [2.05, 4.69) is 20.6 Å². The van der Waals surface area contributed by atoms with Crippen molar-refractivity contribution >= 4 is 34.3 Å². The lowest BCUT2D eigenvalue weighted by molar-refractivity contribution is 0.262. The van der Waals surface area contributed by atoms with Crippen molar-refractivity contribution in [2.24, 2.45) is 0 Å². The van der Waals surface area contributed by atoms with Crippen LogP contribution in [0.1, 0.15) is 25.5 Å². The molecule has 6 heteroatoms. The lowest BCUT2D eigenvalue weighted by Crippen LogP contribution is -2.21. The number of carbonyl (C=O) groups excluding carboxylic acids is 1. The van der Waals surface area contributed by atoms with Gasteiger partial charge < -0.3 is 11.1 Å². The van der Waals surface area contributed by atoms with E-state index in [-0.39, 0.29) is 11.9 Å². The minimum atomic E-state index is -0.411. The number of carbonyl (C=O) groups is 1. The zero-order chi connectivity index (χ0) is 17.1. The van der Waals surface area contributed by atoms with Gasteiger partial charge in [0, 0.05) is 11.8 Å². The minimum absolute atomic E-state index is 0.192. The second kappa shape index (κ2) is 6.54. The molecule has 0 saturated carbocycles. The zero-order valence-electron chi connectivity index (χ0n) is 13.6. The second-order valence-electron chi connectivity index (χ2n) is 5.84. The highest BCUT2D eigenvalue weighted by Crippen LogP contribution is 2.19. The summed E-state index contributed by atoms with van der Waals surface area (Å²) in [5.74, 6) is 0.714. The third-order valence-electron chi connectivity index (χ3n) is 3.59. The largest absolute Gasteiger partial charge is 0.384 e. The van der Waals surface area contributed by atoms with Crippen LogP contribution in [0.4, 0.5) is 22.2 Å². The summed E-state index contributed by atoms with van der Waals surface area (Å²) < 4.78 is 0. The van der Waals surface area contributed by atoms with Gasteiger partial charge in [-0.1, -0.05) is 44.2 Å². The van der Waals surface area contributed by atoms with Gasteiger partial charge in [-0.2, -0.15) is 4.98 Å². The Bertz CT molecular complexity index is 891. The van der Waals surface area contributed by atoms with Crippen LogP contribution in [-0.2, 0) is 0 Å². The topological polar surface area (TPSA) is 92.9 Å². The molecule has 0 unspecified atom stereocenters. The third-order valence-corrected chi connectivity index (χ3v) is 3.59. The molecule has 2 aromatic carbocycles. The summed E-state index contributed by atoms with van der Waals surface area (Å²) in [5.41, 5.74) is 7.24. The molecule has 0 radical (unpaired) electrons. The normalized spacial score (nSPS) is 10.8. The summed E-state index contributed by atoms with van der Waals surface area (Å²) in [6.07, 6.45) is 0. The van der Waals surface area contributed by atoms with Crippen molar-refractivity contribution in [3.63, 3.8) is 0 Å². The Labute approximate surface area is 140 Å². The van der Waals surface area contributed by atoms with Gasteiger partial charge in [-0.25, -0.2) is 9.78 Å². The number of rotatable bonds is 3. The molecule has 0 saturated heterocycles. The molecule has 4 N–H and O–H groups in total. The number of aromatic nitrogens is 2. The van der Waals surface area contributed by atoms with Crippen LogP contribution in [-0.4, -0.2) is 16.0 Å². The van der Waals surface area contributed by atoms with Gasteiger partial charge in [-0.05, 0) is 28.8 Å². The number of hydrogen-bond donors (Lipinski definition) is 3. The Hall–Kier alpha value is -3.15. The monoisotopic (exact) mass is 321 g/mol. The number of nitrogens with two attached hydrogens (primary N) is 1. The molecule has 24 heavy (non-hydrogen) atoms. The van der Waals surface area contributed by atoms with Crippen LogP contribution in [0.15, 0.2) is 48.5 Å². The maximum Gasteiger partial charge on any atom is 0.326 e. The SMILES string of the molecule is CC(C)c1cc(N)nc(NC(=O)Nc2ccc3ccccc3c2)n1. The quantitative estimate of drug-likeness (QED) is 0.680. The average Bonchev–Trinajstić information content (AvgIpc) is 2.54. The zero-order valence-corrected chi connectivity index (χ0v) is 13.6. The number of urea groups is 1. The predicted molar refractivity (Wildman–Crippen MR) is 97.1 cm³/mol. The van der Waals surface area contributed by atoms with Gasteiger partial charge >= 0.3 is 6.03 Å². The van der Waals surface area contributed by atoms with Gasteiger partial charge in [-0.3, -0.25) is 5.32 Å². The molecule has 1 heterocycles. The Morgan fingerprint density at radius 3 is 2.50 bits per heavy atom. The van der Waals surface area contributed by atoms with Gasteiger partial charge in [0.1, 0.15) is 5.82 Å². The van der Waals surface area contributed by atoms with Crippen LogP contribution in [0.25, 0.3) is 10.8 Å². The van der Waals surface area contributed by atoms with Crippen LogP contribution < -0.4 is 16.4 Å². The molecule has 0 spiro atoms. The first kappa shape index (κ1) is 15.7. The van der Waals surface area contributed by atoms with Crippen LogP contribution in [0.5, 0.6) is 0 Å². The molecule has 3 aromatic rings. The van der Waals surface area contributed by atoms with E-state index in [1.807, 2.05) is 56.3 Å². The van der Waals surface area contributed by atoms with Crippen molar-refractivity contribution in [1.82, 2.24) is 9.97 Å². The van der Waals surface area contributed by atoms with Crippen molar-refractivity contribution in [2.75, 3.05) is 16.4 Å². The fraction of sp³-hybridized carbons (Fsp3) is 0.167. The van der Waals surface area contributed by atoms with Gasteiger partial charge in [0.15, 0.2) is 0 Å². The van der Waals surface area contributed by atoms with Crippen LogP contribution in [0.2, 0.25) is 0 Å². The smallest absolute Gasteiger partial charge is 0.326 e. The van der Waals surface area contributed by atoms with E-state index in [9.17, 15) is 4.79 Å². The van der Waals surface area contributed by atoms with E-state index >= 15 is 0 Å². The molecule has 0 aliphatic rings. The Morgan fingerprint density at radius 2 is 1.75 bits per heavy atom. The molecule has 0 bridgehead atoms. The Balaban J connectivity index is 1.75. The molecule has 0 atom stereocenters. The Kier molecular flexibility index (Phi) is 4.29. The standard InChI is InChI=1S/C18H19N5O/c1-11(2)15-10-16(19)22-17(21-15)23-18(24)20-14-8-7-12-5-3-4-6-13(12)9-14/h3-11H,1-2H3,(H4,19,20,21,22,23,24). The van der Waals surface area contributed by atoms with E-state index in [0.29, 0.717) is 11.5 Å². The number of anilines is 3. The molecule has 3 rings (SSSR count). The molecule has 0 fully saturated rings. The lowest BCUT2D eigenvalue weighted by Gasteiger charge is -2.10. The van der Waals surface area contributed by atoms with E-state index in [1.54, 1.807) is 6.07 Å². The molecule has 1 aromatic heterocycles. The maximum atomic E-state index is 12.2. The average molecular weight is 321 g/mol. The van der Waals surface area contributed by atoms with Gasteiger partial charge in [0.2, 0.25) is 5.95 Å². The first-order chi connectivity index (χ1) is 11.5. The summed E-state index contributed by atoms with van der Waals surface area (Å²) in [6, 6.07) is 15.0. The van der Waals surface area contributed by atoms with E-state index in [4.69, 9.17) is 5.73 Å². The number of nitrogens with one attached hydrogen (secondary N) is 2. The van der Waals surface area contributed by atoms with Gasteiger partial charge in [0.05, 0.1) is 5.69 Å². The third kappa shape index (κ3) is 3.60. The fourth-order valence-electron chi connectivity index (χ4n) is 2.37. The Morgan fingerprint density at radius 1 is 1.00 bits per heavy atom. The number of benzene rings is 2. The molecule has 122 valence electrons.